The van der Waals surface area contributed by atoms with Gasteiger partial charge in [-0.05, 0) is 11.6 Å². The highest BCUT2D eigenvalue weighted by molar-refractivity contribution is 7.23. The molecule has 0 atom stereocenters. The summed E-state index contributed by atoms with van der Waals surface area (Å²) >= 11 is 7.05. The van der Waals surface area contributed by atoms with Gasteiger partial charge in [0.25, 0.3) is 0 Å². The Morgan fingerprint density at radius 3 is 2.85 bits per heavy atom. The fraction of sp³-hybridized carbons (Fsp3) is 0.111. The van der Waals surface area contributed by atoms with E-state index in [1.807, 2.05) is 6.07 Å². The lowest BCUT2D eigenvalue weighted by Crippen LogP contribution is -1.80. The molecular weight excluding hydrogens is 208 g/mol. The van der Waals surface area contributed by atoms with Crippen LogP contribution in [0.5, 0.6) is 5.75 Å². The molecule has 0 aliphatic heterocycles. The summed E-state index contributed by atoms with van der Waals surface area (Å²) in [6.07, 6.45) is 0. The van der Waals surface area contributed by atoms with Gasteiger partial charge in [0.2, 0.25) is 0 Å². The zero-order valence-electron chi connectivity index (χ0n) is 6.62. The Morgan fingerprint density at radius 2 is 2.15 bits per heavy atom. The highest BCUT2D eigenvalue weighted by atomic mass is 35.5. The van der Waals surface area contributed by atoms with Gasteiger partial charge in [0.15, 0.2) is 5.75 Å². The second-order valence-electron chi connectivity index (χ2n) is 2.68. The Bertz CT molecular complexity index is 450. The lowest BCUT2D eigenvalue weighted by atomic mass is 10.2. The van der Waals surface area contributed by atoms with Gasteiger partial charge in [0.05, 0.1) is 6.61 Å². The number of aromatic hydroxyl groups is 1. The topological polar surface area (TPSA) is 40.5 Å². The molecule has 2 N–H and O–H groups in total. The summed E-state index contributed by atoms with van der Waals surface area (Å²) in [4.78, 5) is 0. The average Bonchev–Trinajstić information content (AvgIpc) is 2.43. The van der Waals surface area contributed by atoms with Crippen LogP contribution in [-0.2, 0) is 6.61 Å². The normalized spacial score (nSPS) is 10.9. The maximum atomic E-state index is 9.52. The molecule has 0 saturated heterocycles. The molecule has 2 nitrogen and oxygen atoms in total. The third-order valence-corrected chi connectivity index (χ3v) is 3.37. The summed E-state index contributed by atoms with van der Waals surface area (Å²) in [5.74, 6) is 0.108. The van der Waals surface area contributed by atoms with Gasteiger partial charge in [-0.1, -0.05) is 23.7 Å². The lowest BCUT2D eigenvalue weighted by Gasteiger charge is -1.96. The molecule has 68 valence electrons. The average molecular weight is 215 g/mol. The molecule has 4 heteroatoms. The molecular formula is C9H7ClO2S. The van der Waals surface area contributed by atoms with Crippen LogP contribution in [0.1, 0.15) is 5.56 Å². The predicted molar refractivity (Wildman–Crippen MR) is 54.4 cm³/mol. The summed E-state index contributed by atoms with van der Waals surface area (Å²) in [6, 6.07) is 5.39. The van der Waals surface area contributed by atoms with E-state index >= 15 is 0 Å². The molecule has 1 aromatic carbocycles. The molecule has 0 unspecified atom stereocenters. The van der Waals surface area contributed by atoms with E-state index in [9.17, 15) is 5.11 Å². The maximum Gasteiger partial charge on any atom is 0.152 e. The number of thiophene rings is 1. The summed E-state index contributed by atoms with van der Waals surface area (Å²) in [5.41, 5.74) is 0.796. The Kier molecular flexibility index (Phi) is 2.15. The minimum Gasteiger partial charge on any atom is -0.505 e. The van der Waals surface area contributed by atoms with Crippen molar-refractivity contribution in [3.63, 3.8) is 0 Å². The summed E-state index contributed by atoms with van der Waals surface area (Å²) in [7, 11) is 0. The number of aliphatic hydroxyl groups is 1. The van der Waals surface area contributed by atoms with Gasteiger partial charge in [0, 0.05) is 10.1 Å². The van der Waals surface area contributed by atoms with Crippen LogP contribution >= 0.6 is 22.9 Å². The first-order valence-electron chi connectivity index (χ1n) is 3.73. The van der Waals surface area contributed by atoms with Crippen LogP contribution in [0.15, 0.2) is 18.2 Å². The van der Waals surface area contributed by atoms with E-state index in [0.717, 1.165) is 10.3 Å². The molecule has 0 saturated carbocycles. The first-order valence-corrected chi connectivity index (χ1v) is 4.93. The Hall–Kier alpha value is -0.770. The van der Waals surface area contributed by atoms with Crippen molar-refractivity contribution in [1.29, 1.82) is 0 Å². The van der Waals surface area contributed by atoms with Gasteiger partial charge >= 0.3 is 0 Å². The number of hydrogen-bond donors (Lipinski definition) is 2. The fourth-order valence-electron chi connectivity index (χ4n) is 1.26. The molecule has 13 heavy (non-hydrogen) atoms. The van der Waals surface area contributed by atoms with E-state index < -0.39 is 0 Å². The number of benzene rings is 1. The van der Waals surface area contributed by atoms with Crippen molar-refractivity contribution < 1.29 is 10.2 Å². The van der Waals surface area contributed by atoms with Gasteiger partial charge in [0.1, 0.15) is 4.34 Å². The predicted octanol–water partition coefficient (Wildman–Crippen LogP) is 2.75. The Morgan fingerprint density at radius 1 is 1.38 bits per heavy atom. The molecule has 0 spiro atoms. The molecule has 0 aliphatic rings. The van der Waals surface area contributed by atoms with Gasteiger partial charge in [-0.2, -0.15) is 0 Å². The number of halogens is 1. The van der Waals surface area contributed by atoms with Crippen molar-refractivity contribution in [2.45, 2.75) is 6.61 Å². The highest BCUT2D eigenvalue weighted by Crippen LogP contribution is 2.41. The van der Waals surface area contributed by atoms with Gasteiger partial charge in [-0.15, -0.1) is 11.3 Å². The van der Waals surface area contributed by atoms with E-state index in [4.69, 9.17) is 16.7 Å². The van der Waals surface area contributed by atoms with Crippen LogP contribution in [0, 0.1) is 0 Å². The molecule has 0 amide bonds. The number of rotatable bonds is 1. The molecule has 1 aromatic heterocycles. The van der Waals surface area contributed by atoms with Crippen molar-refractivity contribution in [3.8, 4) is 5.75 Å². The van der Waals surface area contributed by atoms with E-state index in [2.05, 4.69) is 0 Å². The third-order valence-electron chi connectivity index (χ3n) is 1.90. The van der Waals surface area contributed by atoms with Crippen molar-refractivity contribution in [2.75, 3.05) is 0 Å². The number of hydrogen-bond acceptors (Lipinski definition) is 3. The van der Waals surface area contributed by atoms with Gasteiger partial charge < -0.3 is 10.2 Å². The van der Waals surface area contributed by atoms with E-state index in [1.165, 1.54) is 11.3 Å². The molecule has 0 fully saturated rings. The largest absolute Gasteiger partial charge is 0.505 e. The smallest absolute Gasteiger partial charge is 0.152 e. The van der Waals surface area contributed by atoms with Crippen molar-refractivity contribution in [1.82, 2.24) is 0 Å². The number of aliphatic hydroxyl groups excluding tert-OH is 1. The molecule has 0 radical (unpaired) electrons. The van der Waals surface area contributed by atoms with Crippen LogP contribution in [0.3, 0.4) is 0 Å². The summed E-state index contributed by atoms with van der Waals surface area (Å²) in [6.45, 7) is -0.0341. The number of fused-ring (bicyclic) bond motifs is 1. The quantitative estimate of drug-likeness (QED) is 0.767. The Balaban J connectivity index is 2.84. The minimum absolute atomic E-state index is 0.0341. The van der Waals surface area contributed by atoms with Gasteiger partial charge in [-0.25, -0.2) is 0 Å². The zero-order chi connectivity index (χ0) is 9.42. The Labute approximate surface area is 84.0 Å². The van der Waals surface area contributed by atoms with E-state index in [0.29, 0.717) is 9.72 Å². The van der Waals surface area contributed by atoms with E-state index in [-0.39, 0.29) is 12.4 Å². The fourth-order valence-corrected chi connectivity index (χ4v) is 2.52. The summed E-state index contributed by atoms with van der Waals surface area (Å²) in [5, 5.41) is 19.2. The van der Waals surface area contributed by atoms with Gasteiger partial charge in [-0.3, -0.25) is 0 Å². The second-order valence-corrected chi connectivity index (χ2v) is 4.30. The third kappa shape index (κ3) is 1.29. The van der Waals surface area contributed by atoms with Crippen LogP contribution < -0.4 is 0 Å². The maximum absolute atomic E-state index is 9.52. The molecule has 2 aromatic rings. The summed E-state index contributed by atoms with van der Waals surface area (Å²) < 4.78 is 1.23. The van der Waals surface area contributed by atoms with Crippen LogP contribution in [0.2, 0.25) is 4.34 Å². The zero-order valence-corrected chi connectivity index (χ0v) is 8.19. The SMILES string of the molecule is OCc1cccc2c(O)c(Cl)sc12. The van der Waals surface area contributed by atoms with Crippen molar-refractivity contribution in [3.05, 3.63) is 28.1 Å². The minimum atomic E-state index is -0.0341. The van der Waals surface area contributed by atoms with Crippen molar-refractivity contribution in [2.24, 2.45) is 0 Å². The van der Waals surface area contributed by atoms with Crippen LogP contribution in [0.4, 0.5) is 0 Å². The first kappa shape index (κ1) is 8.81. The standard InChI is InChI=1S/C9H7ClO2S/c10-9-7(12)6-3-1-2-5(4-11)8(6)13-9/h1-3,11-12H,4H2. The second kappa shape index (κ2) is 3.18. The van der Waals surface area contributed by atoms with Crippen LogP contribution in [-0.4, -0.2) is 10.2 Å². The molecule has 2 rings (SSSR count). The molecule has 1 heterocycles. The van der Waals surface area contributed by atoms with Crippen LogP contribution in [0.25, 0.3) is 10.1 Å². The highest BCUT2D eigenvalue weighted by Gasteiger charge is 2.11. The van der Waals surface area contributed by atoms with E-state index in [1.54, 1.807) is 12.1 Å². The molecule has 0 bridgehead atoms. The van der Waals surface area contributed by atoms with Crippen molar-refractivity contribution >= 4 is 33.0 Å². The first-order chi connectivity index (χ1) is 6.24. The monoisotopic (exact) mass is 214 g/mol. The lowest BCUT2D eigenvalue weighted by molar-refractivity contribution is 0.283. The molecule has 0 aliphatic carbocycles.